The van der Waals surface area contributed by atoms with Crippen molar-refractivity contribution in [3.8, 4) is 0 Å². The Bertz CT molecular complexity index is 960. The molecule has 0 bridgehead atoms. The van der Waals surface area contributed by atoms with Crippen molar-refractivity contribution in [3.05, 3.63) is 58.7 Å². The van der Waals surface area contributed by atoms with E-state index in [0.717, 1.165) is 29.6 Å². The lowest BCUT2D eigenvalue weighted by molar-refractivity contribution is 0.0940. The molecule has 1 atom stereocenters. The molecule has 0 spiro atoms. The number of hydrogen-bond acceptors (Lipinski definition) is 3. The highest BCUT2D eigenvalue weighted by Crippen LogP contribution is 2.25. The molecule has 4 rings (SSSR count). The van der Waals surface area contributed by atoms with Crippen molar-refractivity contribution in [1.29, 1.82) is 0 Å². The first-order chi connectivity index (χ1) is 12.7. The van der Waals surface area contributed by atoms with Gasteiger partial charge in [-0.15, -0.1) is 5.10 Å². The monoisotopic (exact) mass is 348 g/mol. The lowest BCUT2D eigenvalue weighted by Gasteiger charge is -2.20. The Labute approximate surface area is 153 Å². The van der Waals surface area contributed by atoms with Crippen molar-refractivity contribution < 1.29 is 4.79 Å². The summed E-state index contributed by atoms with van der Waals surface area (Å²) in [6.45, 7) is 4.82. The molecule has 2 aromatic carbocycles. The molecule has 1 aromatic heterocycles. The third kappa shape index (κ3) is 3.09. The third-order valence-corrected chi connectivity index (χ3v) is 5.30. The molecule has 26 heavy (non-hydrogen) atoms. The highest BCUT2D eigenvalue weighted by atomic mass is 16.1. The van der Waals surface area contributed by atoms with Gasteiger partial charge in [-0.2, -0.15) is 0 Å². The smallest absolute Gasteiger partial charge is 0.251 e. The fourth-order valence-electron chi connectivity index (χ4n) is 3.73. The Balaban J connectivity index is 1.52. The molecule has 1 aliphatic rings. The number of nitrogens with one attached hydrogen (secondary N) is 1. The summed E-state index contributed by atoms with van der Waals surface area (Å²) in [5.41, 5.74) is 6.38. The molecule has 1 heterocycles. The van der Waals surface area contributed by atoms with Crippen LogP contribution in [0.1, 0.15) is 59.8 Å². The summed E-state index contributed by atoms with van der Waals surface area (Å²) in [7, 11) is 0. The highest BCUT2D eigenvalue weighted by Gasteiger charge is 2.16. The maximum atomic E-state index is 12.7. The topological polar surface area (TPSA) is 59.8 Å². The summed E-state index contributed by atoms with van der Waals surface area (Å²) < 4.78 is 1.83. The molecule has 5 heteroatoms. The van der Waals surface area contributed by atoms with E-state index in [1.807, 2.05) is 36.7 Å². The zero-order valence-electron chi connectivity index (χ0n) is 15.3. The first-order valence-electron chi connectivity index (χ1n) is 9.41. The van der Waals surface area contributed by atoms with Crippen LogP contribution in [-0.2, 0) is 19.4 Å². The van der Waals surface area contributed by atoms with E-state index in [4.69, 9.17) is 0 Å². The molecule has 3 aromatic rings. The predicted molar refractivity (Wildman–Crippen MR) is 102 cm³/mol. The van der Waals surface area contributed by atoms with E-state index in [2.05, 4.69) is 33.8 Å². The van der Waals surface area contributed by atoms with Gasteiger partial charge in [-0.05, 0) is 74.4 Å². The van der Waals surface area contributed by atoms with E-state index < -0.39 is 0 Å². The van der Waals surface area contributed by atoms with Gasteiger partial charge in [-0.25, -0.2) is 4.68 Å². The normalized spacial score (nSPS) is 14.8. The number of aryl methyl sites for hydroxylation is 3. The average molecular weight is 348 g/mol. The number of carbonyl (C=O) groups excluding carboxylic acids is 1. The summed E-state index contributed by atoms with van der Waals surface area (Å²) in [5, 5.41) is 11.4. The van der Waals surface area contributed by atoms with E-state index in [1.54, 1.807) is 0 Å². The largest absolute Gasteiger partial charge is 0.346 e. The number of nitrogens with zero attached hydrogens (tertiary/aromatic N) is 3. The average Bonchev–Trinajstić information content (AvgIpc) is 3.09. The van der Waals surface area contributed by atoms with Crippen molar-refractivity contribution in [3.63, 3.8) is 0 Å². The quantitative estimate of drug-likeness (QED) is 0.780. The van der Waals surface area contributed by atoms with Gasteiger partial charge in [0.25, 0.3) is 5.91 Å². The molecule has 134 valence electrons. The second kappa shape index (κ2) is 6.90. The Kier molecular flexibility index (Phi) is 4.45. The van der Waals surface area contributed by atoms with Gasteiger partial charge in [-0.3, -0.25) is 4.79 Å². The van der Waals surface area contributed by atoms with Gasteiger partial charge >= 0.3 is 0 Å². The minimum Gasteiger partial charge on any atom is -0.346 e. The van der Waals surface area contributed by atoms with Gasteiger partial charge < -0.3 is 5.32 Å². The number of fused-ring (bicyclic) bond motifs is 2. The maximum absolute atomic E-state index is 12.7. The Morgan fingerprint density at radius 2 is 1.96 bits per heavy atom. The molecule has 0 aliphatic heterocycles. The standard InChI is InChI=1S/C21H24N4O/c1-3-25-20-11-10-18(13-19(20)23-24-25)21(26)22-14(2)16-9-8-15-6-4-5-7-17(15)12-16/h8-14H,3-7H2,1-2H3,(H,22,26). The van der Waals surface area contributed by atoms with Crippen LogP contribution in [0, 0.1) is 0 Å². The molecule has 0 saturated heterocycles. The predicted octanol–water partition coefficient (Wildman–Crippen LogP) is 3.82. The zero-order valence-corrected chi connectivity index (χ0v) is 15.3. The minimum absolute atomic E-state index is 0.0308. The molecule has 0 fully saturated rings. The molecule has 1 aliphatic carbocycles. The summed E-state index contributed by atoms with van der Waals surface area (Å²) in [6, 6.07) is 12.2. The Hall–Kier alpha value is -2.69. The summed E-state index contributed by atoms with van der Waals surface area (Å²) >= 11 is 0. The molecule has 1 unspecified atom stereocenters. The van der Waals surface area contributed by atoms with Crippen molar-refractivity contribution in [2.75, 3.05) is 0 Å². The lowest BCUT2D eigenvalue weighted by atomic mass is 9.89. The van der Waals surface area contributed by atoms with Crippen LogP contribution >= 0.6 is 0 Å². The number of carbonyl (C=O) groups is 1. The number of hydrogen-bond donors (Lipinski definition) is 1. The van der Waals surface area contributed by atoms with Crippen LogP contribution in [0.3, 0.4) is 0 Å². The van der Waals surface area contributed by atoms with Crippen LogP contribution in [-0.4, -0.2) is 20.9 Å². The van der Waals surface area contributed by atoms with Gasteiger partial charge in [0.1, 0.15) is 5.52 Å². The Morgan fingerprint density at radius 3 is 2.77 bits per heavy atom. The molecule has 1 N–H and O–H groups in total. The molecule has 0 saturated carbocycles. The fraction of sp³-hybridized carbons (Fsp3) is 0.381. The molecular weight excluding hydrogens is 324 g/mol. The fourth-order valence-corrected chi connectivity index (χ4v) is 3.73. The van der Waals surface area contributed by atoms with E-state index in [1.165, 1.54) is 30.4 Å². The first kappa shape index (κ1) is 16.8. The maximum Gasteiger partial charge on any atom is 0.251 e. The second-order valence-electron chi connectivity index (χ2n) is 7.04. The van der Waals surface area contributed by atoms with Crippen LogP contribution < -0.4 is 5.32 Å². The van der Waals surface area contributed by atoms with Crippen LogP contribution in [0.2, 0.25) is 0 Å². The molecule has 1 amide bonds. The van der Waals surface area contributed by atoms with Crippen molar-refractivity contribution in [1.82, 2.24) is 20.3 Å². The number of benzene rings is 2. The number of aromatic nitrogens is 3. The van der Waals surface area contributed by atoms with E-state index >= 15 is 0 Å². The van der Waals surface area contributed by atoms with Crippen LogP contribution in [0.15, 0.2) is 36.4 Å². The van der Waals surface area contributed by atoms with Crippen molar-refractivity contribution in [2.45, 2.75) is 52.1 Å². The molecular formula is C21H24N4O. The number of amides is 1. The summed E-state index contributed by atoms with van der Waals surface area (Å²) in [5.74, 6) is -0.0804. The van der Waals surface area contributed by atoms with Gasteiger partial charge in [0.05, 0.1) is 11.6 Å². The van der Waals surface area contributed by atoms with E-state index in [0.29, 0.717) is 5.56 Å². The van der Waals surface area contributed by atoms with Gasteiger partial charge in [-0.1, -0.05) is 23.4 Å². The lowest BCUT2D eigenvalue weighted by Crippen LogP contribution is -2.26. The Morgan fingerprint density at radius 1 is 1.15 bits per heavy atom. The molecule has 0 radical (unpaired) electrons. The van der Waals surface area contributed by atoms with Gasteiger partial charge in [0, 0.05) is 12.1 Å². The second-order valence-corrected chi connectivity index (χ2v) is 7.04. The minimum atomic E-state index is -0.0804. The van der Waals surface area contributed by atoms with Gasteiger partial charge in [0.15, 0.2) is 0 Å². The van der Waals surface area contributed by atoms with Crippen LogP contribution in [0.5, 0.6) is 0 Å². The highest BCUT2D eigenvalue weighted by molar-refractivity contribution is 5.97. The van der Waals surface area contributed by atoms with Crippen molar-refractivity contribution >= 4 is 16.9 Å². The van der Waals surface area contributed by atoms with E-state index in [-0.39, 0.29) is 11.9 Å². The summed E-state index contributed by atoms with van der Waals surface area (Å²) in [6.07, 6.45) is 4.86. The van der Waals surface area contributed by atoms with Crippen molar-refractivity contribution in [2.24, 2.45) is 0 Å². The van der Waals surface area contributed by atoms with E-state index in [9.17, 15) is 4.79 Å². The van der Waals surface area contributed by atoms with Crippen LogP contribution in [0.4, 0.5) is 0 Å². The van der Waals surface area contributed by atoms with Gasteiger partial charge in [0.2, 0.25) is 0 Å². The molecule has 5 nitrogen and oxygen atoms in total. The SMILES string of the molecule is CCn1nnc2cc(C(=O)NC(C)c3ccc4c(c3)CCCC4)ccc21. The number of rotatable bonds is 4. The summed E-state index contributed by atoms with van der Waals surface area (Å²) in [4.78, 5) is 12.7. The first-order valence-corrected chi connectivity index (χ1v) is 9.41. The van der Waals surface area contributed by atoms with Crippen LogP contribution in [0.25, 0.3) is 11.0 Å². The zero-order chi connectivity index (χ0) is 18.1. The third-order valence-electron chi connectivity index (χ3n) is 5.30.